The van der Waals surface area contributed by atoms with Crippen molar-refractivity contribution in [3.63, 3.8) is 0 Å². The molecule has 0 saturated carbocycles. The zero-order valence-electron chi connectivity index (χ0n) is 9.22. The summed E-state index contributed by atoms with van der Waals surface area (Å²) in [5, 5.41) is 0. The molecular formula is C11H15N3O2. The Bertz CT molecular complexity index is 389. The molecule has 5 heteroatoms. The fourth-order valence-electron chi connectivity index (χ4n) is 1.76. The molecule has 1 unspecified atom stereocenters. The second kappa shape index (κ2) is 4.49. The van der Waals surface area contributed by atoms with E-state index >= 15 is 0 Å². The van der Waals surface area contributed by atoms with E-state index < -0.39 is 0 Å². The highest BCUT2D eigenvalue weighted by Crippen LogP contribution is 2.15. The van der Waals surface area contributed by atoms with Crippen molar-refractivity contribution >= 4 is 11.6 Å². The normalized spacial score (nSPS) is 19.7. The van der Waals surface area contributed by atoms with Crippen molar-refractivity contribution in [2.45, 2.75) is 12.5 Å². The number of nitrogens with zero attached hydrogens (tertiary/aromatic N) is 2. The number of hydrogen-bond donors (Lipinski definition) is 1. The average molecular weight is 221 g/mol. The molecule has 2 N–H and O–H groups in total. The Morgan fingerprint density at radius 3 is 3.12 bits per heavy atom. The summed E-state index contributed by atoms with van der Waals surface area (Å²) in [5.74, 6) is -0.145. The van der Waals surface area contributed by atoms with Gasteiger partial charge in [-0.1, -0.05) is 0 Å². The van der Waals surface area contributed by atoms with Gasteiger partial charge in [-0.05, 0) is 18.6 Å². The lowest BCUT2D eigenvalue weighted by molar-refractivity contribution is 0.0706. The van der Waals surface area contributed by atoms with Gasteiger partial charge >= 0.3 is 0 Å². The zero-order chi connectivity index (χ0) is 11.5. The van der Waals surface area contributed by atoms with Crippen LogP contribution < -0.4 is 5.73 Å². The number of carbonyl (C=O) groups is 1. The molecule has 1 aromatic heterocycles. The standard InChI is InChI=1S/C11H15N3O2/c1-14(8-4-6-16-7-8)11(15)10-9(12)3-2-5-13-10/h2-3,5,8H,4,6-7,12H2,1H3. The minimum Gasteiger partial charge on any atom is -0.397 e. The number of nitrogen functional groups attached to an aromatic ring is 1. The molecule has 1 amide bonds. The van der Waals surface area contributed by atoms with Crippen molar-refractivity contribution in [3.8, 4) is 0 Å². The predicted molar refractivity (Wildman–Crippen MR) is 60.0 cm³/mol. The molecule has 16 heavy (non-hydrogen) atoms. The van der Waals surface area contributed by atoms with E-state index in [0.29, 0.717) is 24.6 Å². The summed E-state index contributed by atoms with van der Waals surface area (Å²) in [6.07, 6.45) is 2.44. The first-order valence-corrected chi connectivity index (χ1v) is 5.25. The molecule has 1 fully saturated rings. The molecule has 0 bridgehead atoms. The van der Waals surface area contributed by atoms with Gasteiger partial charge in [-0.15, -0.1) is 0 Å². The molecule has 0 aromatic carbocycles. The lowest BCUT2D eigenvalue weighted by atomic mass is 10.2. The van der Waals surface area contributed by atoms with Crippen LogP contribution in [0.3, 0.4) is 0 Å². The molecule has 1 aliphatic rings. The van der Waals surface area contributed by atoms with Gasteiger partial charge in [0.2, 0.25) is 0 Å². The van der Waals surface area contributed by atoms with E-state index in [1.54, 1.807) is 30.3 Å². The topological polar surface area (TPSA) is 68.5 Å². The van der Waals surface area contributed by atoms with Crippen LogP contribution in [0.5, 0.6) is 0 Å². The summed E-state index contributed by atoms with van der Waals surface area (Å²) in [4.78, 5) is 17.8. The van der Waals surface area contributed by atoms with Crippen LogP contribution >= 0.6 is 0 Å². The van der Waals surface area contributed by atoms with Crippen molar-refractivity contribution in [1.29, 1.82) is 0 Å². The number of pyridine rings is 1. The summed E-state index contributed by atoms with van der Waals surface area (Å²) < 4.78 is 5.25. The van der Waals surface area contributed by atoms with Crippen LogP contribution in [0, 0.1) is 0 Å². The fourth-order valence-corrected chi connectivity index (χ4v) is 1.76. The number of hydrogen-bond acceptors (Lipinski definition) is 4. The minimum absolute atomic E-state index is 0.133. The molecule has 86 valence electrons. The fraction of sp³-hybridized carbons (Fsp3) is 0.455. The van der Waals surface area contributed by atoms with Gasteiger partial charge in [0.25, 0.3) is 5.91 Å². The minimum atomic E-state index is -0.145. The van der Waals surface area contributed by atoms with Crippen molar-refractivity contribution in [2.75, 3.05) is 26.0 Å². The molecule has 1 aliphatic heterocycles. The van der Waals surface area contributed by atoms with Crippen LogP contribution in [0.4, 0.5) is 5.69 Å². The van der Waals surface area contributed by atoms with Crippen LogP contribution in [0.25, 0.3) is 0 Å². The maximum atomic E-state index is 12.1. The first-order chi connectivity index (χ1) is 7.70. The number of anilines is 1. The molecule has 5 nitrogen and oxygen atoms in total. The van der Waals surface area contributed by atoms with Crippen LogP contribution in [0.2, 0.25) is 0 Å². The Morgan fingerprint density at radius 1 is 1.69 bits per heavy atom. The van der Waals surface area contributed by atoms with Gasteiger partial charge in [0.15, 0.2) is 5.69 Å². The van der Waals surface area contributed by atoms with Crippen molar-refractivity contribution in [3.05, 3.63) is 24.0 Å². The highest BCUT2D eigenvalue weighted by molar-refractivity contribution is 5.97. The molecule has 1 saturated heterocycles. The van der Waals surface area contributed by atoms with E-state index in [9.17, 15) is 4.79 Å². The van der Waals surface area contributed by atoms with Crippen LogP contribution in [0.1, 0.15) is 16.9 Å². The van der Waals surface area contributed by atoms with E-state index in [4.69, 9.17) is 10.5 Å². The Kier molecular flexibility index (Phi) is 3.05. The number of carbonyl (C=O) groups excluding carboxylic acids is 1. The largest absolute Gasteiger partial charge is 0.397 e. The van der Waals surface area contributed by atoms with Gasteiger partial charge in [0, 0.05) is 19.9 Å². The van der Waals surface area contributed by atoms with Gasteiger partial charge in [-0.25, -0.2) is 4.98 Å². The van der Waals surface area contributed by atoms with E-state index in [0.717, 1.165) is 6.42 Å². The van der Waals surface area contributed by atoms with Gasteiger partial charge in [-0.3, -0.25) is 4.79 Å². The van der Waals surface area contributed by atoms with E-state index in [2.05, 4.69) is 4.98 Å². The Balaban J connectivity index is 2.15. The maximum absolute atomic E-state index is 12.1. The van der Waals surface area contributed by atoms with E-state index in [1.807, 2.05) is 0 Å². The lowest BCUT2D eigenvalue weighted by Gasteiger charge is -2.23. The monoisotopic (exact) mass is 221 g/mol. The maximum Gasteiger partial charge on any atom is 0.274 e. The SMILES string of the molecule is CN(C(=O)c1ncccc1N)C1CCOC1. The Morgan fingerprint density at radius 2 is 2.50 bits per heavy atom. The second-order valence-electron chi connectivity index (χ2n) is 3.87. The number of aromatic nitrogens is 1. The van der Waals surface area contributed by atoms with Crippen LogP contribution in [0.15, 0.2) is 18.3 Å². The number of amides is 1. The zero-order valence-corrected chi connectivity index (χ0v) is 9.22. The van der Waals surface area contributed by atoms with Crippen molar-refractivity contribution < 1.29 is 9.53 Å². The van der Waals surface area contributed by atoms with Crippen LogP contribution in [-0.4, -0.2) is 42.1 Å². The number of rotatable bonds is 2. The first-order valence-electron chi connectivity index (χ1n) is 5.25. The summed E-state index contributed by atoms with van der Waals surface area (Å²) >= 11 is 0. The highest BCUT2D eigenvalue weighted by atomic mass is 16.5. The van der Waals surface area contributed by atoms with Gasteiger partial charge in [-0.2, -0.15) is 0 Å². The molecule has 2 heterocycles. The molecule has 0 spiro atoms. The van der Waals surface area contributed by atoms with Crippen molar-refractivity contribution in [2.24, 2.45) is 0 Å². The molecule has 0 radical (unpaired) electrons. The van der Waals surface area contributed by atoms with Crippen LogP contribution in [-0.2, 0) is 4.74 Å². The summed E-state index contributed by atoms with van der Waals surface area (Å²) in [7, 11) is 1.76. The molecular weight excluding hydrogens is 206 g/mol. The summed E-state index contributed by atoms with van der Waals surface area (Å²) in [5.41, 5.74) is 6.45. The lowest BCUT2D eigenvalue weighted by Crippen LogP contribution is -2.38. The molecule has 1 atom stereocenters. The Hall–Kier alpha value is -1.62. The van der Waals surface area contributed by atoms with E-state index in [-0.39, 0.29) is 11.9 Å². The third-order valence-corrected chi connectivity index (χ3v) is 2.82. The highest BCUT2D eigenvalue weighted by Gasteiger charge is 2.26. The van der Waals surface area contributed by atoms with Gasteiger partial charge in [0.05, 0.1) is 18.3 Å². The van der Waals surface area contributed by atoms with Crippen molar-refractivity contribution in [1.82, 2.24) is 9.88 Å². The summed E-state index contributed by atoms with van der Waals surface area (Å²) in [6.45, 7) is 1.30. The number of ether oxygens (including phenoxy) is 1. The Labute approximate surface area is 94.2 Å². The van der Waals surface area contributed by atoms with Gasteiger partial charge < -0.3 is 15.4 Å². The average Bonchev–Trinajstić information content (AvgIpc) is 2.81. The number of nitrogens with two attached hydrogens (primary N) is 1. The number of likely N-dealkylation sites (N-methyl/N-ethyl adjacent to an activating group) is 1. The molecule has 0 aliphatic carbocycles. The third kappa shape index (κ3) is 1.99. The summed E-state index contributed by atoms with van der Waals surface area (Å²) in [6, 6.07) is 3.53. The first kappa shape index (κ1) is 10.9. The van der Waals surface area contributed by atoms with E-state index in [1.165, 1.54) is 0 Å². The van der Waals surface area contributed by atoms with Gasteiger partial charge in [0.1, 0.15) is 0 Å². The quantitative estimate of drug-likeness (QED) is 0.790. The second-order valence-corrected chi connectivity index (χ2v) is 3.87. The molecule has 2 rings (SSSR count). The third-order valence-electron chi connectivity index (χ3n) is 2.82. The smallest absolute Gasteiger partial charge is 0.274 e. The molecule has 1 aromatic rings. The predicted octanol–water partition coefficient (Wildman–Crippen LogP) is 0.525.